The minimum absolute atomic E-state index is 0.303. The van der Waals surface area contributed by atoms with Crippen LogP contribution in [-0.4, -0.2) is 71.1 Å². The summed E-state index contributed by atoms with van der Waals surface area (Å²) in [5.41, 5.74) is 1.000. The maximum absolute atomic E-state index is 13.0. The van der Waals surface area contributed by atoms with Gasteiger partial charge in [0.25, 0.3) is 5.91 Å². The molecule has 0 spiro atoms. The number of nitrogens with zero attached hydrogens (tertiary/aromatic N) is 6. The Balaban J connectivity index is 1.57. The van der Waals surface area contributed by atoms with Gasteiger partial charge in [-0.3, -0.25) is 4.79 Å². The second kappa shape index (κ2) is 10.2. The predicted octanol–water partition coefficient (Wildman–Crippen LogP) is 2.59. The van der Waals surface area contributed by atoms with Crippen LogP contribution < -0.4 is 20.3 Å². The van der Waals surface area contributed by atoms with E-state index >= 15 is 0 Å². The largest absolute Gasteiger partial charge is 0.497 e. The van der Waals surface area contributed by atoms with Gasteiger partial charge in [0.15, 0.2) is 0 Å². The molecule has 3 heterocycles. The first-order chi connectivity index (χ1) is 16.1. The van der Waals surface area contributed by atoms with Gasteiger partial charge >= 0.3 is 0 Å². The molecule has 1 fully saturated rings. The van der Waals surface area contributed by atoms with Gasteiger partial charge in [-0.1, -0.05) is 13.0 Å². The van der Waals surface area contributed by atoms with Crippen molar-refractivity contribution in [3.05, 3.63) is 54.0 Å². The van der Waals surface area contributed by atoms with Crippen LogP contribution in [-0.2, 0) is 6.42 Å². The normalized spacial score (nSPS) is 14.1. The minimum atomic E-state index is -0.303. The summed E-state index contributed by atoms with van der Waals surface area (Å²) in [5.74, 6) is 2.41. The summed E-state index contributed by atoms with van der Waals surface area (Å²) >= 11 is 0. The minimum Gasteiger partial charge on any atom is -0.497 e. The molecular formula is C23H28N8O2. The number of hydrogen-bond acceptors (Lipinski definition) is 9. The van der Waals surface area contributed by atoms with Crippen LogP contribution >= 0.6 is 0 Å². The summed E-state index contributed by atoms with van der Waals surface area (Å²) in [6.45, 7) is 5.60. The molecular weight excluding hydrogens is 420 g/mol. The fourth-order valence-corrected chi connectivity index (χ4v) is 3.46. The first kappa shape index (κ1) is 22.4. The number of ether oxygens (including phenoxy) is 1. The number of aryl methyl sites for hydroxylation is 1. The molecule has 172 valence electrons. The van der Waals surface area contributed by atoms with E-state index in [4.69, 9.17) is 4.74 Å². The Bertz CT molecular complexity index is 1120. The standard InChI is InChI=1S/C23H28N8O2/c1-4-19-26-22(29-23(27-19)31-13-11-30(2)12-14-31)28-20-18(9-6-10-24-20)21(32)25-16-7-5-8-17(15-16)33-3/h5-10,15H,4,11-14H2,1-3H3,(H,25,32)(H,24,26,27,28,29). The zero-order valence-electron chi connectivity index (χ0n) is 19.1. The Hall–Kier alpha value is -3.79. The summed E-state index contributed by atoms with van der Waals surface area (Å²) in [6.07, 6.45) is 2.29. The molecule has 1 aromatic carbocycles. The van der Waals surface area contributed by atoms with Gasteiger partial charge in [-0.25, -0.2) is 4.98 Å². The number of nitrogens with one attached hydrogen (secondary N) is 2. The van der Waals surface area contributed by atoms with Crippen molar-refractivity contribution in [3.63, 3.8) is 0 Å². The Morgan fingerprint density at radius 2 is 1.91 bits per heavy atom. The molecule has 1 saturated heterocycles. The van der Waals surface area contributed by atoms with Gasteiger partial charge in [0.1, 0.15) is 17.4 Å². The summed E-state index contributed by atoms with van der Waals surface area (Å²) in [6, 6.07) is 10.6. The number of likely N-dealkylation sites (N-methyl/N-ethyl adjacent to an activating group) is 1. The van der Waals surface area contributed by atoms with Crippen LogP contribution in [0, 0.1) is 0 Å². The van der Waals surface area contributed by atoms with E-state index in [-0.39, 0.29) is 5.91 Å². The van der Waals surface area contributed by atoms with Crippen molar-refractivity contribution in [2.75, 3.05) is 55.9 Å². The highest BCUT2D eigenvalue weighted by Gasteiger charge is 2.19. The number of benzene rings is 1. The molecule has 0 atom stereocenters. The van der Waals surface area contributed by atoms with E-state index in [1.165, 1.54) is 0 Å². The van der Waals surface area contributed by atoms with E-state index in [1.807, 2.05) is 19.1 Å². The van der Waals surface area contributed by atoms with Gasteiger partial charge in [-0.05, 0) is 31.3 Å². The molecule has 33 heavy (non-hydrogen) atoms. The van der Waals surface area contributed by atoms with Crippen molar-refractivity contribution in [1.29, 1.82) is 0 Å². The summed E-state index contributed by atoms with van der Waals surface area (Å²) in [5, 5.41) is 6.01. The van der Waals surface area contributed by atoms with Gasteiger partial charge < -0.3 is 25.2 Å². The highest BCUT2D eigenvalue weighted by Crippen LogP contribution is 2.22. The molecule has 1 aliphatic rings. The van der Waals surface area contributed by atoms with Crippen LogP contribution in [0.2, 0.25) is 0 Å². The lowest BCUT2D eigenvalue weighted by atomic mass is 10.2. The molecule has 10 heteroatoms. The average Bonchev–Trinajstić information content (AvgIpc) is 2.84. The van der Waals surface area contributed by atoms with Crippen LogP contribution in [0.15, 0.2) is 42.6 Å². The van der Waals surface area contributed by atoms with Crippen LogP contribution in [0.3, 0.4) is 0 Å². The van der Waals surface area contributed by atoms with E-state index in [2.05, 4.69) is 47.4 Å². The van der Waals surface area contributed by atoms with Crippen molar-refractivity contribution >= 4 is 29.3 Å². The third-order valence-corrected chi connectivity index (χ3v) is 5.38. The Morgan fingerprint density at radius 3 is 2.67 bits per heavy atom. The quantitative estimate of drug-likeness (QED) is 0.564. The predicted molar refractivity (Wildman–Crippen MR) is 127 cm³/mol. The maximum atomic E-state index is 13.0. The lowest BCUT2D eigenvalue weighted by Gasteiger charge is -2.32. The number of methoxy groups -OCH3 is 1. The van der Waals surface area contributed by atoms with Crippen LogP contribution in [0.25, 0.3) is 0 Å². The number of rotatable bonds is 7. The van der Waals surface area contributed by atoms with Crippen LogP contribution in [0.5, 0.6) is 5.75 Å². The number of pyridine rings is 1. The van der Waals surface area contributed by atoms with Crippen molar-refractivity contribution in [1.82, 2.24) is 24.8 Å². The van der Waals surface area contributed by atoms with Crippen LogP contribution in [0.1, 0.15) is 23.1 Å². The van der Waals surface area contributed by atoms with Crippen molar-refractivity contribution in [2.24, 2.45) is 0 Å². The summed E-state index contributed by atoms with van der Waals surface area (Å²) in [4.78, 5) is 35.5. The Labute approximate surface area is 193 Å². The third kappa shape index (κ3) is 5.53. The van der Waals surface area contributed by atoms with Crippen molar-refractivity contribution in [3.8, 4) is 5.75 Å². The average molecular weight is 449 g/mol. The maximum Gasteiger partial charge on any atom is 0.259 e. The molecule has 2 aromatic heterocycles. The van der Waals surface area contributed by atoms with E-state index in [1.54, 1.807) is 37.6 Å². The monoisotopic (exact) mass is 448 g/mol. The number of anilines is 4. The fraction of sp³-hybridized carbons (Fsp3) is 0.348. The van der Waals surface area contributed by atoms with Crippen LogP contribution in [0.4, 0.5) is 23.4 Å². The lowest BCUT2D eigenvalue weighted by Crippen LogP contribution is -2.45. The Morgan fingerprint density at radius 1 is 1.09 bits per heavy atom. The summed E-state index contributed by atoms with van der Waals surface area (Å²) in [7, 11) is 3.69. The zero-order valence-corrected chi connectivity index (χ0v) is 19.1. The highest BCUT2D eigenvalue weighted by molar-refractivity contribution is 6.07. The first-order valence-electron chi connectivity index (χ1n) is 10.9. The molecule has 2 N–H and O–H groups in total. The molecule has 0 radical (unpaired) electrons. The number of carbonyl (C=O) groups is 1. The second-order valence-corrected chi connectivity index (χ2v) is 7.73. The van der Waals surface area contributed by atoms with E-state index in [0.717, 1.165) is 26.2 Å². The highest BCUT2D eigenvalue weighted by atomic mass is 16.5. The molecule has 1 aliphatic heterocycles. The molecule has 4 rings (SSSR count). The summed E-state index contributed by atoms with van der Waals surface area (Å²) < 4.78 is 5.23. The molecule has 1 amide bonds. The van der Waals surface area contributed by atoms with Gasteiger partial charge in [0.2, 0.25) is 11.9 Å². The van der Waals surface area contributed by atoms with Gasteiger partial charge in [0, 0.05) is 50.6 Å². The number of amides is 1. The topological polar surface area (TPSA) is 108 Å². The molecule has 0 bridgehead atoms. The van der Waals surface area contributed by atoms with Crippen molar-refractivity contribution < 1.29 is 9.53 Å². The molecule has 3 aromatic rings. The SMILES string of the molecule is CCc1nc(Nc2ncccc2C(=O)Nc2cccc(OC)c2)nc(N2CCN(C)CC2)n1. The van der Waals surface area contributed by atoms with E-state index in [9.17, 15) is 4.79 Å². The Kier molecular flexibility index (Phi) is 6.94. The lowest BCUT2D eigenvalue weighted by molar-refractivity contribution is 0.102. The number of carbonyl (C=O) groups excluding carboxylic acids is 1. The zero-order chi connectivity index (χ0) is 23.2. The van der Waals surface area contributed by atoms with E-state index in [0.29, 0.717) is 47.0 Å². The number of aromatic nitrogens is 4. The molecule has 0 aliphatic carbocycles. The second-order valence-electron chi connectivity index (χ2n) is 7.73. The fourth-order valence-electron chi connectivity index (χ4n) is 3.46. The number of piperazine rings is 1. The smallest absolute Gasteiger partial charge is 0.259 e. The van der Waals surface area contributed by atoms with Crippen molar-refractivity contribution in [2.45, 2.75) is 13.3 Å². The molecule has 0 unspecified atom stereocenters. The number of hydrogen-bond donors (Lipinski definition) is 2. The van der Waals surface area contributed by atoms with Gasteiger partial charge in [-0.15, -0.1) is 0 Å². The van der Waals surface area contributed by atoms with E-state index < -0.39 is 0 Å². The molecule has 0 saturated carbocycles. The third-order valence-electron chi connectivity index (χ3n) is 5.38. The first-order valence-corrected chi connectivity index (χ1v) is 10.9. The molecule has 10 nitrogen and oxygen atoms in total. The van der Waals surface area contributed by atoms with Gasteiger partial charge in [0.05, 0.1) is 12.7 Å². The van der Waals surface area contributed by atoms with Gasteiger partial charge in [-0.2, -0.15) is 15.0 Å².